The molecular formula is C36H36F12N10O8. The maximum Gasteiger partial charge on any atom is 0.490 e. The van der Waals surface area contributed by atoms with E-state index in [1.54, 1.807) is 6.20 Å². The number of H-pyrrole nitrogens is 1. The summed E-state index contributed by atoms with van der Waals surface area (Å²) in [6.07, 6.45) is -9.72. The average Bonchev–Trinajstić information content (AvgIpc) is 3.98. The number of likely N-dealkylation sites (tertiary alicyclic amines) is 2. The number of ether oxygens (including phenoxy) is 1. The molecule has 2 aliphatic heterocycles. The lowest BCUT2D eigenvalue weighted by molar-refractivity contribution is -0.193. The van der Waals surface area contributed by atoms with Crippen LogP contribution in [0, 0.1) is 11.3 Å². The fourth-order valence-corrected chi connectivity index (χ4v) is 6.88. The molecule has 0 spiro atoms. The summed E-state index contributed by atoms with van der Waals surface area (Å²) in [5.41, 5.74) is 2.17. The van der Waals surface area contributed by atoms with Crippen LogP contribution in [0.5, 0.6) is 5.88 Å². The van der Waals surface area contributed by atoms with Gasteiger partial charge < -0.3 is 30.1 Å². The predicted octanol–water partition coefficient (Wildman–Crippen LogP) is 5.41. The van der Waals surface area contributed by atoms with E-state index in [1.807, 2.05) is 28.0 Å². The first kappa shape index (κ1) is 52.3. The number of hydrogen-bond donors (Lipinski definition) is 5. The number of fused-ring (bicyclic) bond motifs is 1. The van der Waals surface area contributed by atoms with Gasteiger partial charge in [-0.3, -0.25) is 14.5 Å². The Kier molecular flexibility index (Phi) is 16.5. The highest BCUT2D eigenvalue weighted by Crippen LogP contribution is 2.39. The molecule has 362 valence electrons. The van der Waals surface area contributed by atoms with Crippen LogP contribution in [0.25, 0.3) is 22.3 Å². The van der Waals surface area contributed by atoms with Gasteiger partial charge in [-0.05, 0) is 38.2 Å². The Balaban J connectivity index is 0.000000377. The van der Waals surface area contributed by atoms with Gasteiger partial charge in [0.2, 0.25) is 11.7 Å². The number of carboxylic acid groups (broad SMARTS) is 3. The molecule has 6 heterocycles. The van der Waals surface area contributed by atoms with E-state index in [0.29, 0.717) is 51.9 Å². The molecule has 0 amide bonds. The van der Waals surface area contributed by atoms with Crippen molar-refractivity contribution in [1.29, 1.82) is 5.26 Å². The highest BCUT2D eigenvalue weighted by atomic mass is 19.4. The molecule has 0 radical (unpaired) electrons. The number of β-amino-alcohol motifs (C(OH)–C–C–N with tert-alkyl or cyclic N) is 1. The van der Waals surface area contributed by atoms with Crippen LogP contribution in [-0.4, -0.2) is 146 Å². The van der Waals surface area contributed by atoms with Gasteiger partial charge in [0.25, 0.3) is 0 Å². The number of aliphatic carboxylic acids is 3. The quantitative estimate of drug-likeness (QED) is 0.138. The Morgan fingerprint density at radius 1 is 0.864 bits per heavy atom. The van der Waals surface area contributed by atoms with Crippen LogP contribution in [0.2, 0.25) is 0 Å². The number of carboxylic acids is 3. The summed E-state index contributed by atoms with van der Waals surface area (Å²) < 4.78 is 144. The van der Waals surface area contributed by atoms with Gasteiger partial charge in [-0.25, -0.2) is 29.3 Å². The topological polar surface area (TPSA) is 257 Å². The summed E-state index contributed by atoms with van der Waals surface area (Å²) in [4.78, 5) is 50.2. The second-order valence-electron chi connectivity index (χ2n) is 14.8. The van der Waals surface area contributed by atoms with E-state index in [2.05, 4.69) is 41.0 Å². The zero-order chi connectivity index (χ0) is 49.4. The molecule has 30 heteroatoms. The lowest BCUT2D eigenvalue weighted by atomic mass is 9.82. The fraction of sp³-hybridized carbons (Fsp3) is 0.528. The molecule has 18 nitrogen and oxygen atoms in total. The van der Waals surface area contributed by atoms with Crippen molar-refractivity contribution in [2.24, 2.45) is 0 Å². The van der Waals surface area contributed by atoms with Crippen LogP contribution in [0.4, 0.5) is 52.7 Å². The van der Waals surface area contributed by atoms with E-state index < -0.39 is 60.1 Å². The van der Waals surface area contributed by atoms with Gasteiger partial charge in [0.05, 0.1) is 36.2 Å². The minimum absolute atomic E-state index is 0.0670. The third-order valence-electron chi connectivity index (χ3n) is 9.92. The zero-order valence-electron chi connectivity index (χ0n) is 33.5. The van der Waals surface area contributed by atoms with Crippen molar-refractivity contribution in [3.63, 3.8) is 0 Å². The Morgan fingerprint density at radius 2 is 1.44 bits per heavy atom. The van der Waals surface area contributed by atoms with E-state index in [-0.39, 0.29) is 30.3 Å². The van der Waals surface area contributed by atoms with Gasteiger partial charge in [-0.15, -0.1) is 0 Å². The van der Waals surface area contributed by atoms with Crippen molar-refractivity contribution in [1.82, 2.24) is 44.5 Å². The van der Waals surface area contributed by atoms with Crippen molar-refractivity contribution in [2.45, 2.75) is 93.6 Å². The Labute approximate surface area is 362 Å². The number of alkyl halides is 12. The maximum absolute atomic E-state index is 13.6. The third-order valence-corrected chi connectivity index (χ3v) is 9.92. The molecular weight excluding hydrogens is 928 g/mol. The van der Waals surface area contributed by atoms with Gasteiger partial charge >= 0.3 is 42.6 Å². The number of nitrogens with one attached hydrogen (secondary N) is 1. The number of carbonyl (C=O) groups is 3. The SMILES string of the molecule is N#CCC1(n2cc(-c3ncnc4[nH]ccc34)cn2)CN([C@H]2CC[C@@H](Oc3cc(CN4CC[C@H](O)C4)nc(C(F)(F)F)n3)CC2)C1.O=C(O)C(F)(F)F.O=C(O)C(F)(F)F.O=C(O)C(F)(F)F. The number of hydrogen-bond acceptors (Lipinski definition) is 13. The predicted molar refractivity (Wildman–Crippen MR) is 196 cm³/mol. The summed E-state index contributed by atoms with van der Waals surface area (Å²) in [6.45, 7) is 2.55. The molecule has 3 aliphatic rings. The first-order chi connectivity index (χ1) is 30.5. The number of halogens is 12. The number of aromatic amines is 1. The van der Waals surface area contributed by atoms with Crippen LogP contribution in [0.1, 0.15) is 50.0 Å². The van der Waals surface area contributed by atoms with E-state index in [4.69, 9.17) is 34.4 Å². The van der Waals surface area contributed by atoms with Crippen molar-refractivity contribution < 1.29 is 92.2 Å². The number of rotatable bonds is 8. The minimum Gasteiger partial charge on any atom is -0.475 e. The number of nitrogens with zero attached hydrogens (tertiary/aromatic N) is 9. The van der Waals surface area contributed by atoms with Gasteiger partial charge in [-0.1, -0.05) is 0 Å². The molecule has 1 aliphatic carbocycles. The van der Waals surface area contributed by atoms with Crippen molar-refractivity contribution in [2.75, 3.05) is 26.2 Å². The van der Waals surface area contributed by atoms with Gasteiger partial charge in [0.15, 0.2) is 0 Å². The molecule has 3 fully saturated rings. The monoisotopic (exact) mass is 964 g/mol. The van der Waals surface area contributed by atoms with Crippen LogP contribution in [0.15, 0.2) is 37.1 Å². The lowest BCUT2D eigenvalue weighted by Gasteiger charge is -2.53. The molecule has 7 rings (SSSR count). The Bertz CT molecular complexity index is 2280. The second kappa shape index (κ2) is 20.9. The van der Waals surface area contributed by atoms with Crippen LogP contribution < -0.4 is 4.74 Å². The van der Waals surface area contributed by atoms with Crippen LogP contribution in [-0.2, 0) is 32.6 Å². The third kappa shape index (κ3) is 14.3. The van der Waals surface area contributed by atoms with Gasteiger partial charge in [0, 0.05) is 68.2 Å². The summed E-state index contributed by atoms with van der Waals surface area (Å²) in [6, 6.07) is 6.03. The maximum atomic E-state index is 13.6. The first-order valence-electron chi connectivity index (χ1n) is 18.9. The molecule has 1 saturated carbocycles. The molecule has 0 aromatic carbocycles. The summed E-state index contributed by atoms with van der Waals surface area (Å²) >= 11 is 0. The van der Waals surface area contributed by atoms with Gasteiger partial charge in [-0.2, -0.15) is 68.0 Å². The molecule has 66 heavy (non-hydrogen) atoms. The summed E-state index contributed by atoms with van der Waals surface area (Å²) in [7, 11) is 0. The highest BCUT2D eigenvalue weighted by Gasteiger charge is 2.48. The molecule has 4 aromatic rings. The highest BCUT2D eigenvalue weighted by molar-refractivity contribution is 5.90. The smallest absolute Gasteiger partial charge is 0.475 e. The second-order valence-corrected chi connectivity index (χ2v) is 14.8. The van der Waals surface area contributed by atoms with E-state index >= 15 is 0 Å². The van der Waals surface area contributed by atoms with Gasteiger partial charge in [0.1, 0.15) is 23.6 Å². The number of aromatic nitrogens is 7. The molecule has 2 saturated heterocycles. The van der Waals surface area contributed by atoms with Crippen molar-refractivity contribution in [3.8, 4) is 23.2 Å². The number of aliphatic hydroxyl groups excluding tert-OH is 1. The van der Waals surface area contributed by atoms with Crippen molar-refractivity contribution in [3.05, 3.63) is 48.6 Å². The molecule has 0 bridgehead atoms. The molecule has 5 N–H and O–H groups in total. The average molecular weight is 965 g/mol. The molecule has 0 unspecified atom stereocenters. The van der Waals surface area contributed by atoms with Crippen LogP contribution >= 0.6 is 0 Å². The van der Waals surface area contributed by atoms with Crippen molar-refractivity contribution >= 4 is 28.9 Å². The Hall–Kier alpha value is -6.35. The minimum atomic E-state index is -5.08. The first-order valence-corrected chi connectivity index (χ1v) is 18.9. The number of aliphatic hydroxyl groups is 1. The largest absolute Gasteiger partial charge is 0.490 e. The summed E-state index contributed by atoms with van der Waals surface area (Å²) in [5, 5.41) is 46.4. The standard InChI is InChI=1S/C30H33F3N10O2.3C2HF3O2/c31-30(32,33)28-39-20(14-41-10-6-22(44)15-41)11-25(40-28)45-23-3-1-21(2-4-23)42-16-29(17-42,7-8-34)43-13-19(12-38-43)26-24-5-9-35-27(24)37-18-36-26;3*3-2(4,5)1(6)7/h5,9,11-13,18,21-23,44H,1-4,6-7,10,14-17H2,(H,35,36,37);3*(H,6,7)/t21-,22-,23+;;;/m0.../s1. The van der Waals surface area contributed by atoms with Crippen LogP contribution in [0.3, 0.4) is 0 Å². The lowest BCUT2D eigenvalue weighted by Crippen LogP contribution is -2.65. The fourth-order valence-electron chi connectivity index (χ4n) is 6.88. The van der Waals surface area contributed by atoms with E-state index in [1.165, 1.54) is 12.4 Å². The zero-order valence-corrected chi connectivity index (χ0v) is 33.5. The van der Waals surface area contributed by atoms with E-state index in [9.17, 15) is 63.1 Å². The summed E-state index contributed by atoms with van der Waals surface area (Å²) in [5.74, 6) is -9.55. The molecule has 4 aromatic heterocycles. The normalized spacial score (nSPS) is 20.0. The molecule has 1 atom stereocenters. The Morgan fingerprint density at radius 3 is 1.94 bits per heavy atom. The number of nitriles is 1. The van der Waals surface area contributed by atoms with E-state index in [0.717, 1.165) is 35.1 Å².